The lowest BCUT2D eigenvalue weighted by Crippen LogP contribution is -2.52. The number of nitrogens with zero attached hydrogens (tertiary/aromatic N) is 2. The van der Waals surface area contributed by atoms with E-state index in [0.29, 0.717) is 11.7 Å². The molecule has 3 rings (SSSR count). The lowest BCUT2D eigenvalue weighted by atomic mass is 9.92. The molecule has 6 heteroatoms. The summed E-state index contributed by atoms with van der Waals surface area (Å²) in [7, 11) is 0. The smallest absolute Gasteiger partial charge is 0.256 e. The van der Waals surface area contributed by atoms with Crippen LogP contribution in [0.4, 0.5) is 14.6 Å². The van der Waals surface area contributed by atoms with E-state index >= 15 is 0 Å². The van der Waals surface area contributed by atoms with Crippen molar-refractivity contribution in [2.24, 2.45) is 5.92 Å². The van der Waals surface area contributed by atoms with Crippen LogP contribution in [0.15, 0.2) is 31.0 Å². The van der Waals surface area contributed by atoms with E-state index in [9.17, 15) is 13.6 Å². The van der Waals surface area contributed by atoms with Gasteiger partial charge in [-0.1, -0.05) is 12.1 Å². The van der Waals surface area contributed by atoms with Crippen molar-refractivity contribution in [3.05, 3.63) is 36.5 Å². The SMILES string of the molecule is C=C[C@H]1CN([C@@H](C)C(=O)Nc2ccc(C3CC3)cn2)CCC1(F)F. The van der Waals surface area contributed by atoms with Crippen molar-refractivity contribution >= 4 is 11.7 Å². The Morgan fingerprint density at radius 2 is 2.25 bits per heavy atom. The number of nitrogens with one attached hydrogen (secondary N) is 1. The zero-order valence-electron chi connectivity index (χ0n) is 13.8. The van der Waals surface area contributed by atoms with Gasteiger partial charge >= 0.3 is 0 Å². The molecule has 2 fully saturated rings. The molecule has 1 saturated carbocycles. The Balaban J connectivity index is 1.59. The van der Waals surface area contributed by atoms with Gasteiger partial charge in [0, 0.05) is 25.7 Å². The van der Waals surface area contributed by atoms with E-state index in [-0.39, 0.29) is 25.4 Å². The molecule has 0 radical (unpaired) electrons. The lowest BCUT2D eigenvalue weighted by Gasteiger charge is -2.39. The minimum Gasteiger partial charge on any atom is -0.309 e. The number of piperidine rings is 1. The Kier molecular flexibility index (Phi) is 4.67. The van der Waals surface area contributed by atoms with E-state index in [1.165, 1.54) is 24.5 Å². The van der Waals surface area contributed by atoms with Crippen LogP contribution in [0.3, 0.4) is 0 Å². The van der Waals surface area contributed by atoms with E-state index in [0.717, 1.165) is 0 Å². The number of hydrogen-bond donors (Lipinski definition) is 1. The van der Waals surface area contributed by atoms with Crippen LogP contribution in [0.25, 0.3) is 0 Å². The summed E-state index contributed by atoms with van der Waals surface area (Å²) in [5.74, 6) is -2.77. The van der Waals surface area contributed by atoms with Gasteiger partial charge < -0.3 is 5.32 Å². The average molecular weight is 335 g/mol. The summed E-state index contributed by atoms with van der Waals surface area (Å²) >= 11 is 0. The van der Waals surface area contributed by atoms with Gasteiger partial charge in [0.2, 0.25) is 5.91 Å². The molecule has 4 nitrogen and oxygen atoms in total. The second-order valence-electron chi connectivity index (χ2n) is 6.76. The van der Waals surface area contributed by atoms with Crippen LogP contribution in [-0.4, -0.2) is 40.8 Å². The monoisotopic (exact) mass is 335 g/mol. The largest absolute Gasteiger partial charge is 0.309 e. The van der Waals surface area contributed by atoms with Crippen LogP contribution in [-0.2, 0) is 4.79 Å². The molecule has 1 aliphatic heterocycles. The minimum atomic E-state index is -2.74. The van der Waals surface area contributed by atoms with Crippen molar-refractivity contribution in [1.82, 2.24) is 9.88 Å². The third kappa shape index (κ3) is 3.64. The number of rotatable bonds is 5. The molecule has 1 saturated heterocycles. The molecule has 0 unspecified atom stereocenters. The molecule has 1 aromatic rings. The first-order chi connectivity index (χ1) is 11.4. The van der Waals surface area contributed by atoms with Crippen molar-refractivity contribution in [3.8, 4) is 0 Å². The average Bonchev–Trinajstić information content (AvgIpc) is 3.39. The van der Waals surface area contributed by atoms with E-state index in [4.69, 9.17) is 0 Å². The van der Waals surface area contributed by atoms with Crippen LogP contribution in [0.1, 0.15) is 37.7 Å². The van der Waals surface area contributed by atoms with E-state index in [2.05, 4.69) is 16.9 Å². The number of alkyl halides is 2. The van der Waals surface area contributed by atoms with Gasteiger partial charge in [0.15, 0.2) is 0 Å². The fraction of sp³-hybridized carbons (Fsp3) is 0.556. The number of likely N-dealkylation sites (tertiary alicyclic amines) is 1. The van der Waals surface area contributed by atoms with E-state index < -0.39 is 17.9 Å². The molecule has 1 aromatic heterocycles. The normalized spacial score (nSPS) is 25.0. The number of carbonyl (C=O) groups excluding carboxylic acids is 1. The molecule has 2 heterocycles. The van der Waals surface area contributed by atoms with Gasteiger partial charge in [-0.3, -0.25) is 9.69 Å². The number of pyridine rings is 1. The predicted octanol–water partition coefficient (Wildman–Crippen LogP) is 3.43. The highest BCUT2D eigenvalue weighted by atomic mass is 19.3. The molecule has 1 aliphatic carbocycles. The molecular weight excluding hydrogens is 312 g/mol. The molecule has 130 valence electrons. The van der Waals surface area contributed by atoms with Gasteiger partial charge in [-0.05, 0) is 37.3 Å². The number of hydrogen-bond acceptors (Lipinski definition) is 3. The Labute approximate surface area is 140 Å². The summed E-state index contributed by atoms with van der Waals surface area (Å²) in [5, 5.41) is 2.77. The Morgan fingerprint density at radius 1 is 1.50 bits per heavy atom. The molecule has 24 heavy (non-hydrogen) atoms. The van der Waals surface area contributed by atoms with E-state index in [1.807, 2.05) is 6.07 Å². The van der Waals surface area contributed by atoms with Crippen LogP contribution < -0.4 is 5.32 Å². The van der Waals surface area contributed by atoms with Crippen molar-refractivity contribution in [2.45, 2.75) is 44.1 Å². The van der Waals surface area contributed by atoms with Crippen molar-refractivity contribution in [3.63, 3.8) is 0 Å². The highest BCUT2D eigenvalue weighted by Gasteiger charge is 2.43. The Morgan fingerprint density at radius 3 is 2.83 bits per heavy atom. The Hall–Kier alpha value is -1.82. The second-order valence-corrected chi connectivity index (χ2v) is 6.76. The molecule has 2 aliphatic rings. The van der Waals surface area contributed by atoms with Crippen LogP contribution in [0.2, 0.25) is 0 Å². The maximum Gasteiger partial charge on any atom is 0.256 e. The summed E-state index contributed by atoms with van der Waals surface area (Å²) in [4.78, 5) is 18.4. The molecule has 1 N–H and O–H groups in total. The highest BCUT2D eigenvalue weighted by Crippen LogP contribution is 2.39. The van der Waals surface area contributed by atoms with Gasteiger partial charge in [0.1, 0.15) is 5.82 Å². The highest BCUT2D eigenvalue weighted by molar-refractivity contribution is 5.93. The maximum atomic E-state index is 13.8. The molecular formula is C18H23F2N3O. The summed E-state index contributed by atoms with van der Waals surface area (Å²) in [5.41, 5.74) is 1.20. The quantitative estimate of drug-likeness (QED) is 0.839. The van der Waals surface area contributed by atoms with Crippen LogP contribution >= 0.6 is 0 Å². The second kappa shape index (κ2) is 6.59. The fourth-order valence-corrected chi connectivity index (χ4v) is 3.09. The number of anilines is 1. The summed E-state index contributed by atoms with van der Waals surface area (Å²) in [6.07, 6.45) is 5.24. The predicted molar refractivity (Wildman–Crippen MR) is 89.1 cm³/mol. The third-order valence-electron chi connectivity index (χ3n) is 5.00. The summed E-state index contributed by atoms with van der Waals surface area (Å²) in [6.45, 7) is 5.56. The molecule has 1 amide bonds. The maximum absolute atomic E-state index is 13.8. The van der Waals surface area contributed by atoms with Gasteiger partial charge in [-0.2, -0.15) is 0 Å². The molecule has 0 bridgehead atoms. The van der Waals surface area contributed by atoms with Gasteiger partial charge in [0.05, 0.1) is 12.0 Å². The third-order valence-corrected chi connectivity index (χ3v) is 5.00. The molecule has 0 spiro atoms. The number of carbonyl (C=O) groups is 1. The molecule has 0 aromatic carbocycles. The molecule has 2 atom stereocenters. The first-order valence-corrected chi connectivity index (χ1v) is 8.42. The van der Waals surface area contributed by atoms with Gasteiger partial charge in [0.25, 0.3) is 5.92 Å². The fourth-order valence-electron chi connectivity index (χ4n) is 3.09. The van der Waals surface area contributed by atoms with Crippen molar-refractivity contribution < 1.29 is 13.6 Å². The van der Waals surface area contributed by atoms with Crippen LogP contribution in [0, 0.1) is 5.92 Å². The Bertz CT molecular complexity index is 613. The lowest BCUT2D eigenvalue weighted by molar-refractivity contribution is -0.127. The van der Waals surface area contributed by atoms with Crippen molar-refractivity contribution in [2.75, 3.05) is 18.4 Å². The zero-order chi connectivity index (χ0) is 17.3. The van der Waals surface area contributed by atoms with Gasteiger partial charge in [-0.25, -0.2) is 13.8 Å². The number of halogens is 2. The van der Waals surface area contributed by atoms with E-state index in [1.54, 1.807) is 24.1 Å². The summed E-state index contributed by atoms with van der Waals surface area (Å²) in [6, 6.07) is 3.29. The summed E-state index contributed by atoms with van der Waals surface area (Å²) < 4.78 is 27.5. The van der Waals surface area contributed by atoms with Crippen LogP contribution in [0.5, 0.6) is 0 Å². The van der Waals surface area contributed by atoms with Crippen molar-refractivity contribution in [1.29, 1.82) is 0 Å². The number of amides is 1. The topological polar surface area (TPSA) is 45.2 Å². The standard InChI is InChI=1S/C18H23F2N3O/c1-3-15-11-23(9-8-18(15,19)20)12(2)17(24)22-16-7-6-14(10-21-16)13-4-5-13/h3,6-7,10,12-13,15H,1,4-5,8-9,11H2,2H3,(H,21,22,24)/t12-,15-/m0/s1. The van der Waals surface area contributed by atoms with Gasteiger partial charge in [-0.15, -0.1) is 6.58 Å². The number of aromatic nitrogens is 1. The first-order valence-electron chi connectivity index (χ1n) is 8.42. The first kappa shape index (κ1) is 17.0. The zero-order valence-corrected chi connectivity index (χ0v) is 13.8. The minimum absolute atomic E-state index is 0.138.